The van der Waals surface area contributed by atoms with E-state index in [0.29, 0.717) is 10.8 Å². The normalized spacial score (nSPS) is 13.4. The zero-order chi connectivity index (χ0) is 12.5. The van der Waals surface area contributed by atoms with E-state index in [-0.39, 0.29) is 0 Å². The third-order valence-electron chi connectivity index (χ3n) is 3.15. The van der Waals surface area contributed by atoms with E-state index in [1.54, 1.807) is 0 Å². The van der Waals surface area contributed by atoms with Crippen molar-refractivity contribution in [3.05, 3.63) is 40.5 Å². The number of nitrogens with zero attached hydrogens (tertiary/aromatic N) is 2. The van der Waals surface area contributed by atoms with Gasteiger partial charge in [0.25, 0.3) is 0 Å². The van der Waals surface area contributed by atoms with Crippen LogP contribution in [-0.4, -0.2) is 9.97 Å². The van der Waals surface area contributed by atoms with Crippen molar-refractivity contribution < 1.29 is 0 Å². The average molecular weight is 261 g/mol. The molecule has 0 aliphatic heterocycles. The van der Waals surface area contributed by atoms with Crippen molar-refractivity contribution in [1.82, 2.24) is 9.97 Å². The summed E-state index contributed by atoms with van der Waals surface area (Å²) < 4.78 is 0. The molecule has 1 heterocycles. The molecule has 92 valence electrons. The second-order valence-corrected chi connectivity index (χ2v) is 4.77. The Morgan fingerprint density at radius 3 is 2.89 bits per heavy atom. The number of anilines is 1. The summed E-state index contributed by atoms with van der Waals surface area (Å²) in [4.78, 5) is 9.08. The molecule has 2 aromatic rings. The molecule has 3 rings (SSSR count). The lowest BCUT2D eigenvalue weighted by Crippen LogP contribution is -2.12. The first kappa shape index (κ1) is 11.4. The lowest BCUT2D eigenvalue weighted by molar-refractivity contribution is 0.900. The third-order valence-corrected chi connectivity index (χ3v) is 3.39. The molecule has 0 saturated carbocycles. The first-order valence-corrected chi connectivity index (χ1v) is 6.28. The molecule has 4 nitrogen and oxygen atoms in total. The van der Waals surface area contributed by atoms with Gasteiger partial charge in [-0.05, 0) is 31.4 Å². The summed E-state index contributed by atoms with van der Waals surface area (Å²) in [5, 5.41) is 0.679. The Morgan fingerprint density at radius 2 is 2.11 bits per heavy atom. The number of hydrogen-bond donors (Lipinski definition) is 2. The van der Waals surface area contributed by atoms with Gasteiger partial charge in [0.05, 0.1) is 0 Å². The molecular weight excluding hydrogens is 248 g/mol. The number of benzene rings is 1. The van der Waals surface area contributed by atoms with Gasteiger partial charge < -0.3 is 5.43 Å². The first-order chi connectivity index (χ1) is 8.78. The molecule has 0 unspecified atom stereocenters. The van der Waals surface area contributed by atoms with E-state index < -0.39 is 0 Å². The van der Waals surface area contributed by atoms with Crippen LogP contribution in [0.4, 0.5) is 5.82 Å². The fraction of sp³-hybridized carbons (Fsp3) is 0.231. The number of nitrogen functional groups attached to an aromatic ring is 1. The molecule has 5 heteroatoms. The van der Waals surface area contributed by atoms with Crippen molar-refractivity contribution in [3.63, 3.8) is 0 Å². The Labute approximate surface area is 110 Å². The second kappa shape index (κ2) is 4.55. The number of hydrogen-bond acceptors (Lipinski definition) is 4. The number of nitrogens with one attached hydrogen (secondary N) is 1. The highest BCUT2D eigenvalue weighted by molar-refractivity contribution is 6.30. The standard InChI is InChI=1S/C13H13ClN4/c14-9-4-1-3-8(7-9)12-16-11-6-2-5-10(11)13(17-12)18-15/h1,3-4,7H,2,5-6,15H2,(H,16,17,18). The van der Waals surface area contributed by atoms with Crippen molar-refractivity contribution in [2.24, 2.45) is 5.84 Å². The van der Waals surface area contributed by atoms with Crippen LogP contribution in [-0.2, 0) is 12.8 Å². The molecule has 0 amide bonds. The lowest BCUT2D eigenvalue weighted by atomic mass is 10.2. The third kappa shape index (κ3) is 1.94. The Morgan fingerprint density at radius 1 is 1.22 bits per heavy atom. The predicted molar refractivity (Wildman–Crippen MR) is 72.3 cm³/mol. The van der Waals surface area contributed by atoms with Gasteiger partial charge in [-0.3, -0.25) is 0 Å². The first-order valence-electron chi connectivity index (χ1n) is 5.90. The molecular formula is C13H13ClN4. The molecule has 0 saturated heterocycles. The van der Waals surface area contributed by atoms with E-state index in [1.165, 1.54) is 0 Å². The summed E-state index contributed by atoms with van der Waals surface area (Å²) in [7, 11) is 0. The van der Waals surface area contributed by atoms with Crippen LogP contribution in [0.5, 0.6) is 0 Å². The van der Waals surface area contributed by atoms with Gasteiger partial charge in [0, 0.05) is 21.8 Å². The van der Waals surface area contributed by atoms with Gasteiger partial charge >= 0.3 is 0 Å². The number of fused-ring (bicyclic) bond motifs is 1. The zero-order valence-corrected chi connectivity index (χ0v) is 10.5. The van der Waals surface area contributed by atoms with Crippen molar-refractivity contribution >= 4 is 17.4 Å². The predicted octanol–water partition coefficient (Wildman–Crippen LogP) is 2.57. The molecule has 1 aliphatic carbocycles. The van der Waals surface area contributed by atoms with Crippen LogP contribution in [0, 0.1) is 0 Å². The number of aromatic nitrogens is 2. The Bertz CT molecular complexity index is 598. The molecule has 0 spiro atoms. The largest absolute Gasteiger partial charge is 0.308 e. The Kier molecular flexibility index (Phi) is 2.89. The Hall–Kier alpha value is -1.65. The van der Waals surface area contributed by atoms with Gasteiger partial charge in [-0.2, -0.15) is 0 Å². The van der Waals surface area contributed by atoms with Crippen LogP contribution in [0.25, 0.3) is 11.4 Å². The number of nitrogens with two attached hydrogens (primary N) is 1. The van der Waals surface area contributed by atoms with Gasteiger partial charge in [-0.25, -0.2) is 15.8 Å². The highest BCUT2D eigenvalue weighted by atomic mass is 35.5. The lowest BCUT2D eigenvalue weighted by Gasteiger charge is -2.09. The van der Waals surface area contributed by atoms with E-state index in [1.807, 2.05) is 24.3 Å². The summed E-state index contributed by atoms with van der Waals surface area (Å²) in [6.45, 7) is 0. The summed E-state index contributed by atoms with van der Waals surface area (Å²) in [5.74, 6) is 6.93. The van der Waals surface area contributed by atoms with Crippen LogP contribution in [0.15, 0.2) is 24.3 Å². The number of hydrazine groups is 1. The van der Waals surface area contributed by atoms with Gasteiger partial charge in [0.15, 0.2) is 5.82 Å². The average Bonchev–Trinajstić information content (AvgIpc) is 2.85. The molecule has 1 aromatic heterocycles. The monoisotopic (exact) mass is 260 g/mol. The fourth-order valence-electron chi connectivity index (χ4n) is 2.31. The minimum Gasteiger partial charge on any atom is -0.308 e. The molecule has 0 atom stereocenters. The highest BCUT2D eigenvalue weighted by Crippen LogP contribution is 2.29. The van der Waals surface area contributed by atoms with Crippen molar-refractivity contribution in [2.75, 3.05) is 5.43 Å². The molecule has 18 heavy (non-hydrogen) atoms. The van der Waals surface area contributed by atoms with Crippen molar-refractivity contribution in [2.45, 2.75) is 19.3 Å². The molecule has 1 aromatic carbocycles. The summed E-state index contributed by atoms with van der Waals surface area (Å²) in [6.07, 6.45) is 3.09. The summed E-state index contributed by atoms with van der Waals surface area (Å²) in [6, 6.07) is 7.53. The van der Waals surface area contributed by atoms with Crippen LogP contribution >= 0.6 is 11.6 Å². The fourth-order valence-corrected chi connectivity index (χ4v) is 2.50. The van der Waals surface area contributed by atoms with Crippen LogP contribution in [0.3, 0.4) is 0 Å². The quantitative estimate of drug-likeness (QED) is 0.643. The maximum absolute atomic E-state index is 5.99. The second-order valence-electron chi connectivity index (χ2n) is 4.33. The minimum absolute atomic E-state index is 0.672. The maximum atomic E-state index is 5.99. The summed E-state index contributed by atoms with van der Waals surface area (Å²) in [5.41, 5.74) is 5.81. The van der Waals surface area contributed by atoms with Crippen molar-refractivity contribution in [3.8, 4) is 11.4 Å². The van der Waals surface area contributed by atoms with E-state index >= 15 is 0 Å². The number of halogens is 1. The van der Waals surface area contributed by atoms with Gasteiger partial charge in [-0.15, -0.1) is 0 Å². The molecule has 0 fully saturated rings. The van der Waals surface area contributed by atoms with E-state index in [2.05, 4.69) is 15.4 Å². The SMILES string of the molecule is NNc1nc(-c2cccc(Cl)c2)nc2c1CCC2. The minimum atomic E-state index is 0.672. The number of rotatable bonds is 2. The van der Waals surface area contributed by atoms with Gasteiger partial charge in [0.2, 0.25) is 0 Å². The topological polar surface area (TPSA) is 63.8 Å². The summed E-state index contributed by atoms with van der Waals surface area (Å²) >= 11 is 5.99. The van der Waals surface area contributed by atoms with Gasteiger partial charge in [-0.1, -0.05) is 23.7 Å². The molecule has 1 aliphatic rings. The highest BCUT2D eigenvalue weighted by Gasteiger charge is 2.19. The Balaban J connectivity index is 2.13. The van der Waals surface area contributed by atoms with E-state index in [9.17, 15) is 0 Å². The van der Waals surface area contributed by atoms with Crippen molar-refractivity contribution in [1.29, 1.82) is 0 Å². The maximum Gasteiger partial charge on any atom is 0.161 e. The van der Waals surface area contributed by atoms with Crippen LogP contribution in [0.2, 0.25) is 5.02 Å². The molecule has 3 N–H and O–H groups in total. The molecule has 0 radical (unpaired) electrons. The molecule has 0 bridgehead atoms. The van der Waals surface area contributed by atoms with Crippen LogP contribution in [0.1, 0.15) is 17.7 Å². The van der Waals surface area contributed by atoms with E-state index in [4.69, 9.17) is 17.4 Å². The smallest absolute Gasteiger partial charge is 0.161 e. The van der Waals surface area contributed by atoms with Gasteiger partial charge in [0.1, 0.15) is 5.82 Å². The van der Waals surface area contributed by atoms with Crippen LogP contribution < -0.4 is 11.3 Å². The number of aryl methyl sites for hydroxylation is 1. The zero-order valence-electron chi connectivity index (χ0n) is 9.78. The van der Waals surface area contributed by atoms with E-state index in [0.717, 1.165) is 41.9 Å².